The molecule has 0 radical (unpaired) electrons. The van der Waals surface area contributed by atoms with E-state index in [-0.39, 0.29) is 17.3 Å². The van der Waals surface area contributed by atoms with Crippen LogP contribution in [-0.2, 0) is 4.74 Å². The molecule has 0 saturated carbocycles. The van der Waals surface area contributed by atoms with Crippen LogP contribution in [0.25, 0.3) is 0 Å². The van der Waals surface area contributed by atoms with Crippen LogP contribution in [-0.4, -0.2) is 24.7 Å². The van der Waals surface area contributed by atoms with Crippen molar-refractivity contribution in [2.24, 2.45) is 0 Å². The van der Waals surface area contributed by atoms with E-state index in [0.717, 1.165) is 12.8 Å². The third-order valence-electron chi connectivity index (χ3n) is 3.44. The average molecular weight is 251 g/mol. The number of benzene rings is 1. The molecule has 0 spiro atoms. The lowest BCUT2D eigenvalue weighted by molar-refractivity contribution is 0.0422. The maximum atomic E-state index is 13.0. The van der Waals surface area contributed by atoms with Crippen molar-refractivity contribution in [3.8, 4) is 0 Å². The van der Waals surface area contributed by atoms with Gasteiger partial charge in [0, 0.05) is 24.3 Å². The minimum atomic E-state index is -0.318. The van der Waals surface area contributed by atoms with Crippen molar-refractivity contribution in [2.45, 2.75) is 32.2 Å². The summed E-state index contributed by atoms with van der Waals surface area (Å²) in [5.41, 5.74) is 0.961. The van der Waals surface area contributed by atoms with Crippen LogP contribution in [0, 0.1) is 12.7 Å². The van der Waals surface area contributed by atoms with Crippen molar-refractivity contribution in [1.82, 2.24) is 5.32 Å². The Kier molecular flexibility index (Phi) is 3.66. The van der Waals surface area contributed by atoms with Crippen LogP contribution >= 0.6 is 0 Å². The van der Waals surface area contributed by atoms with Gasteiger partial charge in [-0.15, -0.1) is 0 Å². The summed E-state index contributed by atoms with van der Waals surface area (Å²) in [6.45, 7) is 5.09. The Balaban J connectivity index is 2.11. The molecule has 98 valence electrons. The number of hydrogen-bond donors (Lipinski definition) is 1. The quantitative estimate of drug-likeness (QED) is 0.876. The third-order valence-corrected chi connectivity index (χ3v) is 3.44. The van der Waals surface area contributed by atoms with Crippen LogP contribution in [0.3, 0.4) is 0 Å². The summed E-state index contributed by atoms with van der Waals surface area (Å²) < 4.78 is 18.3. The first-order chi connectivity index (χ1) is 8.50. The first-order valence-electron chi connectivity index (χ1n) is 6.17. The van der Waals surface area contributed by atoms with E-state index in [2.05, 4.69) is 5.32 Å². The molecule has 1 fully saturated rings. The molecular formula is C14H18FNO2. The van der Waals surface area contributed by atoms with Gasteiger partial charge in [0.2, 0.25) is 0 Å². The van der Waals surface area contributed by atoms with Crippen molar-refractivity contribution in [2.75, 3.05) is 13.2 Å². The molecule has 3 nitrogen and oxygen atoms in total. The first-order valence-corrected chi connectivity index (χ1v) is 6.17. The van der Waals surface area contributed by atoms with E-state index in [9.17, 15) is 9.18 Å². The zero-order valence-electron chi connectivity index (χ0n) is 10.8. The molecule has 0 aliphatic carbocycles. The molecule has 0 bridgehead atoms. The van der Waals surface area contributed by atoms with E-state index >= 15 is 0 Å². The Morgan fingerprint density at radius 3 is 2.67 bits per heavy atom. The second-order valence-corrected chi connectivity index (χ2v) is 5.09. The average Bonchev–Trinajstić information content (AvgIpc) is 2.28. The van der Waals surface area contributed by atoms with Gasteiger partial charge in [0.05, 0.1) is 0 Å². The van der Waals surface area contributed by atoms with Gasteiger partial charge in [0.25, 0.3) is 5.91 Å². The van der Waals surface area contributed by atoms with Gasteiger partial charge in [-0.2, -0.15) is 0 Å². The molecule has 1 aliphatic heterocycles. The second-order valence-electron chi connectivity index (χ2n) is 5.09. The summed E-state index contributed by atoms with van der Waals surface area (Å²) >= 11 is 0. The minimum absolute atomic E-state index is 0.142. The molecule has 1 saturated heterocycles. The largest absolute Gasteiger partial charge is 0.381 e. The SMILES string of the molecule is Cc1cc(F)ccc1C(=O)NC1(C)CCOCC1. The van der Waals surface area contributed by atoms with Gasteiger partial charge in [-0.25, -0.2) is 4.39 Å². The minimum Gasteiger partial charge on any atom is -0.381 e. The van der Waals surface area contributed by atoms with Crippen molar-refractivity contribution in [3.05, 3.63) is 35.1 Å². The highest BCUT2D eigenvalue weighted by molar-refractivity contribution is 5.96. The number of ether oxygens (including phenoxy) is 1. The molecule has 1 N–H and O–H groups in total. The Labute approximate surface area is 106 Å². The lowest BCUT2D eigenvalue weighted by atomic mass is 9.92. The van der Waals surface area contributed by atoms with E-state index in [0.29, 0.717) is 24.3 Å². The van der Waals surface area contributed by atoms with Crippen LogP contribution in [0.4, 0.5) is 4.39 Å². The molecule has 4 heteroatoms. The van der Waals surface area contributed by atoms with Gasteiger partial charge < -0.3 is 10.1 Å². The molecular weight excluding hydrogens is 233 g/mol. The Bertz CT molecular complexity index is 453. The fourth-order valence-corrected chi connectivity index (χ4v) is 2.17. The maximum Gasteiger partial charge on any atom is 0.251 e. The highest BCUT2D eigenvalue weighted by Gasteiger charge is 2.29. The Hall–Kier alpha value is -1.42. The first kappa shape index (κ1) is 13.0. The summed E-state index contributed by atoms with van der Waals surface area (Å²) in [6, 6.07) is 4.22. The lowest BCUT2D eigenvalue weighted by Crippen LogP contribution is -2.49. The molecule has 0 aromatic heterocycles. The van der Waals surface area contributed by atoms with Crippen LogP contribution in [0.5, 0.6) is 0 Å². The topological polar surface area (TPSA) is 38.3 Å². The lowest BCUT2D eigenvalue weighted by Gasteiger charge is -2.34. The normalized spacial score (nSPS) is 18.4. The zero-order chi connectivity index (χ0) is 13.2. The molecule has 1 heterocycles. The third kappa shape index (κ3) is 2.88. The van der Waals surface area contributed by atoms with Crippen molar-refractivity contribution < 1.29 is 13.9 Å². The second kappa shape index (κ2) is 5.06. The molecule has 0 unspecified atom stereocenters. The molecule has 1 aromatic carbocycles. The van der Waals surface area contributed by atoms with Gasteiger partial charge in [0.15, 0.2) is 0 Å². The monoisotopic (exact) mass is 251 g/mol. The van der Waals surface area contributed by atoms with Crippen molar-refractivity contribution in [1.29, 1.82) is 0 Å². The maximum absolute atomic E-state index is 13.0. The highest BCUT2D eigenvalue weighted by Crippen LogP contribution is 2.21. The van der Waals surface area contributed by atoms with Crippen molar-refractivity contribution >= 4 is 5.91 Å². The summed E-state index contributed by atoms with van der Waals surface area (Å²) in [5.74, 6) is -0.460. The molecule has 1 aromatic rings. The fraction of sp³-hybridized carbons (Fsp3) is 0.500. The Morgan fingerprint density at radius 1 is 1.39 bits per heavy atom. The predicted molar refractivity (Wildman–Crippen MR) is 67.1 cm³/mol. The number of halogens is 1. The van der Waals surface area contributed by atoms with Gasteiger partial charge in [-0.3, -0.25) is 4.79 Å². The number of carbonyl (C=O) groups excluding carboxylic acids is 1. The Morgan fingerprint density at radius 2 is 2.06 bits per heavy atom. The van der Waals surface area contributed by atoms with E-state index in [1.54, 1.807) is 6.92 Å². The summed E-state index contributed by atoms with van der Waals surface area (Å²) in [7, 11) is 0. The number of amides is 1. The number of nitrogens with one attached hydrogen (secondary N) is 1. The molecule has 2 rings (SSSR count). The zero-order valence-corrected chi connectivity index (χ0v) is 10.8. The van der Waals surface area contributed by atoms with Crippen LogP contribution in [0.1, 0.15) is 35.7 Å². The molecule has 1 aliphatic rings. The van der Waals surface area contributed by atoms with Crippen molar-refractivity contribution in [3.63, 3.8) is 0 Å². The standard InChI is InChI=1S/C14H18FNO2/c1-10-9-11(15)3-4-12(10)13(17)16-14(2)5-7-18-8-6-14/h3-4,9H,5-8H2,1-2H3,(H,16,17). The summed E-state index contributed by atoms with van der Waals surface area (Å²) in [5, 5.41) is 3.03. The van der Waals surface area contributed by atoms with E-state index in [4.69, 9.17) is 4.74 Å². The molecule has 1 amide bonds. The van der Waals surface area contributed by atoms with E-state index in [1.807, 2.05) is 6.92 Å². The van der Waals surface area contributed by atoms with Gasteiger partial charge in [-0.1, -0.05) is 0 Å². The molecule has 0 atom stereocenters. The number of rotatable bonds is 2. The molecule has 18 heavy (non-hydrogen) atoms. The van der Waals surface area contributed by atoms with Crippen LogP contribution in [0.2, 0.25) is 0 Å². The smallest absolute Gasteiger partial charge is 0.251 e. The number of carbonyl (C=O) groups is 1. The fourth-order valence-electron chi connectivity index (χ4n) is 2.17. The number of aryl methyl sites for hydroxylation is 1. The van der Waals surface area contributed by atoms with Crippen LogP contribution < -0.4 is 5.32 Å². The van der Waals surface area contributed by atoms with E-state index in [1.165, 1.54) is 18.2 Å². The highest BCUT2D eigenvalue weighted by atomic mass is 19.1. The van der Waals surface area contributed by atoms with Gasteiger partial charge >= 0.3 is 0 Å². The summed E-state index contributed by atoms with van der Waals surface area (Å²) in [4.78, 5) is 12.2. The number of hydrogen-bond acceptors (Lipinski definition) is 2. The predicted octanol–water partition coefficient (Wildman–Crippen LogP) is 2.43. The van der Waals surface area contributed by atoms with E-state index < -0.39 is 0 Å². The van der Waals surface area contributed by atoms with Gasteiger partial charge in [0.1, 0.15) is 5.82 Å². The van der Waals surface area contributed by atoms with Gasteiger partial charge in [-0.05, 0) is 50.5 Å². The van der Waals surface area contributed by atoms with Crippen LogP contribution in [0.15, 0.2) is 18.2 Å². The summed E-state index contributed by atoms with van der Waals surface area (Å²) in [6.07, 6.45) is 1.61.